The van der Waals surface area contributed by atoms with Crippen LogP contribution in [0.1, 0.15) is 40.3 Å². The van der Waals surface area contributed by atoms with E-state index in [1.807, 2.05) is 51.1 Å². The molecule has 1 aliphatic heterocycles. The molecule has 228 valence electrons. The van der Waals surface area contributed by atoms with Crippen LogP contribution < -0.4 is 16.3 Å². The van der Waals surface area contributed by atoms with Gasteiger partial charge in [0, 0.05) is 11.8 Å². The number of hydrogen-bond donors (Lipinski definition) is 3. The average Bonchev–Trinajstić information content (AvgIpc) is 3.28. The number of phosphoric acid groups is 1. The SMILES string of the molecule is C[C@@H](C(=O)OP(=O)(O)OC[C@H]1O[C@@H](n2cc(F)c(=O)[nH]c2=O)C[C@@H]1O)N(OCC(C)(C)C)c1cccc2ccccc12. The lowest BCUT2D eigenvalue weighted by Gasteiger charge is -2.32. The number of hydroxylamine groups is 1. The summed E-state index contributed by atoms with van der Waals surface area (Å²) in [6.45, 7) is 6.79. The van der Waals surface area contributed by atoms with Crippen molar-refractivity contribution < 1.29 is 42.4 Å². The van der Waals surface area contributed by atoms with Crippen LogP contribution in [0.5, 0.6) is 0 Å². The number of aliphatic hydroxyl groups excluding tert-OH is 1. The van der Waals surface area contributed by atoms with E-state index in [1.54, 1.807) is 17.1 Å². The first kappa shape index (κ1) is 31.5. The topological polar surface area (TPSA) is 170 Å². The highest BCUT2D eigenvalue weighted by Gasteiger charge is 2.39. The molecule has 1 aromatic heterocycles. The van der Waals surface area contributed by atoms with Gasteiger partial charge < -0.3 is 14.4 Å². The van der Waals surface area contributed by atoms with Crippen molar-refractivity contribution in [1.82, 2.24) is 9.55 Å². The summed E-state index contributed by atoms with van der Waals surface area (Å²) in [4.78, 5) is 54.5. The number of phosphoric ester groups is 1. The minimum absolute atomic E-state index is 0.210. The molecule has 15 heteroatoms. The van der Waals surface area contributed by atoms with Gasteiger partial charge in [0.15, 0.2) is 6.04 Å². The van der Waals surface area contributed by atoms with Crippen LogP contribution >= 0.6 is 7.82 Å². The number of halogens is 1. The summed E-state index contributed by atoms with van der Waals surface area (Å²) >= 11 is 0. The minimum atomic E-state index is -5.03. The largest absolute Gasteiger partial charge is 0.529 e. The first-order valence-electron chi connectivity index (χ1n) is 13.1. The zero-order valence-electron chi connectivity index (χ0n) is 23.4. The van der Waals surface area contributed by atoms with E-state index in [0.29, 0.717) is 11.9 Å². The number of H-pyrrole nitrogens is 1. The van der Waals surface area contributed by atoms with Crippen molar-refractivity contribution in [3.63, 3.8) is 0 Å². The normalized spacial score (nSPS) is 21.2. The van der Waals surface area contributed by atoms with E-state index in [4.69, 9.17) is 18.6 Å². The Morgan fingerprint density at radius 2 is 1.93 bits per heavy atom. The summed E-state index contributed by atoms with van der Waals surface area (Å²) in [6.07, 6.45) is -3.31. The number of aliphatic hydroxyl groups is 1. The van der Waals surface area contributed by atoms with Gasteiger partial charge in [-0.1, -0.05) is 57.2 Å². The molecule has 3 aromatic rings. The van der Waals surface area contributed by atoms with E-state index < -0.39 is 61.9 Å². The maximum absolute atomic E-state index is 13.7. The number of hydrogen-bond acceptors (Lipinski definition) is 10. The van der Waals surface area contributed by atoms with Crippen LogP contribution in [0, 0.1) is 11.2 Å². The number of nitrogens with zero attached hydrogens (tertiary/aromatic N) is 2. The van der Waals surface area contributed by atoms with Crippen molar-refractivity contribution in [3.8, 4) is 0 Å². The third-order valence-electron chi connectivity index (χ3n) is 6.38. The minimum Gasteiger partial charge on any atom is -0.390 e. The summed E-state index contributed by atoms with van der Waals surface area (Å²) < 4.78 is 42.4. The van der Waals surface area contributed by atoms with Crippen LogP contribution in [-0.4, -0.2) is 57.0 Å². The van der Waals surface area contributed by atoms with Crippen molar-refractivity contribution >= 4 is 30.3 Å². The van der Waals surface area contributed by atoms with Crippen LogP contribution in [0.25, 0.3) is 10.8 Å². The highest BCUT2D eigenvalue weighted by molar-refractivity contribution is 7.48. The van der Waals surface area contributed by atoms with E-state index in [-0.39, 0.29) is 18.4 Å². The third kappa shape index (κ3) is 7.51. The predicted molar refractivity (Wildman–Crippen MR) is 149 cm³/mol. The molecule has 1 unspecified atom stereocenters. The van der Waals surface area contributed by atoms with Crippen LogP contribution in [0.4, 0.5) is 10.1 Å². The van der Waals surface area contributed by atoms with Crippen molar-refractivity contribution in [3.05, 3.63) is 75.3 Å². The molecule has 0 amide bonds. The molecule has 2 aromatic carbocycles. The fraction of sp³-hybridized carbons (Fsp3) is 0.444. The summed E-state index contributed by atoms with van der Waals surface area (Å²) in [5.74, 6) is -2.36. The maximum atomic E-state index is 13.7. The van der Waals surface area contributed by atoms with Gasteiger partial charge in [0.25, 0.3) is 5.56 Å². The van der Waals surface area contributed by atoms with E-state index in [1.165, 1.54) is 12.0 Å². The Hall–Kier alpha value is -3.39. The predicted octanol–water partition coefficient (Wildman–Crippen LogP) is 3.01. The van der Waals surface area contributed by atoms with Crippen molar-refractivity contribution in [2.24, 2.45) is 5.41 Å². The first-order chi connectivity index (χ1) is 19.6. The summed E-state index contributed by atoms with van der Waals surface area (Å²) in [5.41, 5.74) is -1.93. The number of carbonyl (C=O) groups excluding carboxylic acids is 1. The number of nitrogens with one attached hydrogen (secondary N) is 1. The lowest BCUT2D eigenvalue weighted by molar-refractivity contribution is -0.140. The van der Waals surface area contributed by atoms with Crippen LogP contribution in [0.15, 0.2) is 58.3 Å². The Labute approximate surface area is 240 Å². The number of ether oxygens (including phenoxy) is 1. The smallest absolute Gasteiger partial charge is 0.390 e. The van der Waals surface area contributed by atoms with Gasteiger partial charge >= 0.3 is 19.5 Å². The molecular formula is C27H33FN3O10P. The molecule has 0 bridgehead atoms. The molecule has 0 saturated carbocycles. The fourth-order valence-corrected chi connectivity index (χ4v) is 5.01. The van der Waals surface area contributed by atoms with Gasteiger partial charge in [-0.2, -0.15) is 4.39 Å². The quantitative estimate of drug-likeness (QED) is 0.228. The lowest BCUT2D eigenvalue weighted by atomic mass is 9.99. The zero-order chi connectivity index (χ0) is 30.8. The molecule has 1 fully saturated rings. The van der Waals surface area contributed by atoms with Crippen molar-refractivity contribution in [2.45, 2.75) is 58.6 Å². The van der Waals surface area contributed by atoms with Gasteiger partial charge in [-0.25, -0.2) is 19.2 Å². The Morgan fingerprint density at radius 1 is 1.24 bits per heavy atom. The molecule has 42 heavy (non-hydrogen) atoms. The standard InChI is InChI=1S/C27H33FN3O10P/c1-16(31(38-15-27(2,3)4)20-11-7-9-17-8-5-6-10-18(17)20)25(34)41-42(36,37)39-14-22-21(32)12-23(40-22)30-13-19(28)24(33)29-26(30)35/h5-11,13,16,21-23,32H,12,14-15H2,1-4H3,(H,36,37)(H,29,33,35)/t16-,21-,22+,23+/m0/s1. The highest BCUT2D eigenvalue weighted by Crippen LogP contribution is 2.45. The number of aromatic amines is 1. The number of carbonyl (C=O) groups is 1. The summed E-state index contributed by atoms with van der Waals surface area (Å²) in [5, 5.41) is 13.3. The van der Waals surface area contributed by atoms with Gasteiger partial charge in [0.2, 0.25) is 5.82 Å². The molecule has 5 atom stereocenters. The monoisotopic (exact) mass is 609 g/mol. The Morgan fingerprint density at radius 3 is 2.64 bits per heavy atom. The molecule has 0 spiro atoms. The number of rotatable bonds is 10. The van der Waals surface area contributed by atoms with Crippen LogP contribution in [-0.2, 0) is 28.0 Å². The highest BCUT2D eigenvalue weighted by atomic mass is 31.2. The second-order valence-electron chi connectivity index (χ2n) is 11.1. The lowest BCUT2D eigenvalue weighted by Crippen LogP contribution is -2.41. The zero-order valence-corrected chi connectivity index (χ0v) is 24.3. The van der Waals surface area contributed by atoms with E-state index in [9.17, 15) is 33.3 Å². The number of anilines is 1. The molecule has 2 heterocycles. The average molecular weight is 610 g/mol. The van der Waals surface area contributed by atoms with E-state index >= 15 is 0 Å². The Kier molecular flexibility index (Phi) is 9.36. The molecule has 0 radical (unpaired) electrons. The second kappa shape index (κ2) is 12.5. The molecule has 3 N–H and O–H groups in total. The van der Waals surface area contributed by atoms with Gasteiger partial charge in [-0.3, -0.25) is 28.6 Å². The van der Waals surface area contributed by atoms with Crippen molar-refractivity contribution in [2.75, 3.05) is 18.3 Å². The fourth-order valence-electron chi connectivity index (χ4n) is 4.24. The molecule has 1 aliphatic rings. The molecule has 0 aliphatic carbocycles. The van der Waals surface area contributed by atoms with Gasteiger partial charge in [-0.05, 0) is 23.8 Å². The van der Waals surface area contributed by atoms with E-state index in [2.05, 4.69) is 0 Å². The van der Waals surface area contributed by atoms with E-state index in [0.717, 1.165) is 15.3 Å². The molecule has 4 rings (SSSR count). The van der Waals surface area contributed by atoms with Gasteiger partial charge in [-0.15, -0.1) is 0 Å². The number of fused-ring (bicyclic) bond motifs is 1. The Bertz CT molecular complexity index is 1600. The number of benzene rings is 2. The third-order valence-corrected chi connectivity index (χ3v) is 7.27. The van der Waals surface area contributed by atoms with Crippen LogP contribution in [0.3, 0.4) is 0 Å². The summed E-state index contributed by atoms with van der Waals surface area (Å²) in [7, 11) is -5.03. The first-order valence-corrected chi connectivity index (χ1v) is 14.6. The van der Waals surface area contributed by atoms with Gasteiger partial charge in [0.05, 0.1) is 31.2 Å². The molecule has 1 saturated heterocycles. The number of aromatic nitrogens is 2. The van der Waals surface area contributed by atoms with Gasteiger partial charge in [0.1, 0.15) is 12.3 Å². The summed E-state index contributed by atoms with van der Waals surface area (Å²) in [6, 6.07) is 11.7. The van der Waals surface area contributed by atoms with Crippen molar-refractivity contribution in [1.29, 1.82) is 0 Å². The molecule has 13 nitrogen and oxygen atoms in total. The maximum Gasteiger partial charge on any atom is 0.529 e. The molecular weight excluding hydrogens is 576 g/mol. The second-order valence-corrected chi connectivity index (χ2v) is 12.5. The van der Waals surface area contributed by atoms with Crippen LogP contribution in [0.2, 0.25) is 0 Å². The Balaban J connectivity index is 1.44.